The molecule has 1 aromatic heterocycles. The minimum absolute atomic E-state index is 0.0297. The molecule has 1 unspecified atom stereocenters. The third kappa shape index (κ3) is 3.59. The highest BCUT2D eigenvalue weighted by atomic mass is 16.5. The number of amides is 1. The van der Waals surface area contributed by atoms with Gasteiger partial charge in [-0.2, -0.15) is 4.98 Å². The fourth-order valence-corrected chi connectivity index (χ4v) is 2.44. The van der Waals surface area contributed by atoms with E-state index in [2.05, 4.69) is 15.5 Å². The summed E-state index contributed by atoms with van der Waals surface area (Å²) in [5.41, 5.74) is 7.20. The summed E-state index contributed by atoms with van der Waals surface area (Å²) in [6.45, 7) is 4.47. The Morgan fingerprint density at radius 3 is 2.78 bits per heavy atom. The number of nitrogens with two attached hydrogens (primary N) is 1. The minimum atomic E-state index is -0.166. The van der Waals surface area contributed by atoms with Gasteiger partial charge in [-0.25, -0.2) is 0 Å². The van der Waals surface area contributed by atoms with Crippen molar-refractivity contribution in [2.75, 3.05) is 6.54 Å². The molecule has 0 radical (unpaired) electrons. The average molecular weight is 314 g/mol. The van der Waals surface area contributed by atoms with Crippen LogP contribution < -0.4 is 11.1 Å². The summed E-state index contributed by atoms with van der Waals surface area (Å²) < 4.78 is 5.31. The van der Waals surface area contributed by atoms with Crippen LogP contribution in [-0.2, 0) is 0 Å². The van der Waals surface area contributed by atoms with Crippen LogP contribution >= 0.6 is 0 Å². The van der Waals surface area contributed by atoms with Gasteiger partial charge in [0, 0.05) is 18.5 Å². The van der Waals surface area contributed by atoms with Crippen molar-refractivity contribution in [3.05, 3.63) is 35.7 Å². The number of carbonyl (C=O) groups is 1. The topological polar surface area (TPSA) is 94.0 Å². The van der Waals surface area contributed by atoms with Gasteiger partial charge in [0.15, 0.2) is 5.82 Å². The molecule has 23 heavy (non-hydrogen) atoms. The number of hydrogen-bond acceptors (Lipinski definition) is 5. The van der Waals surface area contributed by atoms with Crippen LogP contribution in [-0.4, -0.2) is 28.6 Å². The zero-order valence-electron chi connectivity index (χ0n) is 13.5. The molecule has 6 nitrogen and oxygen atoms in total. The Morgan fingerprint density at radius 1 is 1.39 bits per heavy atom. The van der Waals surface area contributed by atoms with Crippen LogP contribution in [0, 0.1) is 5.92 Å². The van der Waals surface area contributed by atoms with Crippen LogP contribution in [0.1, 0.15) is 48.8 Å². The molecule has 3 rings (SSSR count). The van der Waals surface area contributed by atoms with E-state index in [4.69, 9.17) is 10.3 Å². The molecule has 6 heteroatoms. The molecule has 1 fully saturated rings. The van der Waals surface area contributed by atoms with Crippen molar-refractivity contribution in [3.63, 3.8) is 0 Å². The fourth-order valence-electron chi connectivity index (χ4n) is 2.44. The molecule has 1 aliphatic carbocycles. The molecular formula is C17H22N4O2. The standard InChI is InChI=1S/C17H22N4O2/c1-10(2)15-20-17(23-21-15)13-6-4-3-5-12(13)16(22)19-9-14(18)11-7-8-11/h3-6,10-11,14H,7-9,18H2,1-2H3,(H,19,22). The highest BCUT2D eigenvalue weighted by Gasteiger charge is 2.28. The van der Waals surface area contributed by atoms with Crippen LogP contribution in [0.2, 0.25) is 0 Å². The second-order valence-electron chi connectivity index (χ2n) is 6.37. The van der Waals surface area contributed by atoms with Crippen molar-refractivity contribution in [1.82, 2.24) is 15.5 Å². The Bertz CT molecular complexity index is 691. The van der Waals surface area contributed by atoms with E-state index in [-0.39, 0.29) is 17.9 Å². The minimum Gasteiger partial charge on any atom is -0.350 e. The summed E-state index contributed by atoms with van der Waals surface area (Å²) in [7, 11) is 0. The molecule has 1 amide bonds. The number of nitrogens with zero attached hydrogens (tertiary/aromatic N) is 2. The van der Waals surface area contributed by atoms with Crippen molar-refractivity contribution in [1.29, 1.82) is 0 Å². The first-order valence-corrected chi connectivity index (χ1v) is 8.03. The molecule has 3 N–H and O–H groups in total. The van der Waals surface area contributed by atoms with Crippen molar-refractivity contribution in [2.45, 2.75) is 38.6 Å². The van der Waals surface area contributed by atoms with E-state index in [1.54, 1.807) is 6.07 Å². The normalized spacial score (nSPS) is 15.7. The largest absolute Gasteiger partial charge is 0.350 e. The first-order chi connectivity index (χ1) is 11.1. The number of nitrogens with one attached hydrogen (secondary N) is 1. The number of benzene rings is 1. The summed E-state index contributed by atoms with van der Waals surface area (Å²) in [6, 6.07) is 7.27. The van der Waals surface area contributed by atoms with Gasteiger partial charge in [0.1, 0.15) is 0 Å². The maximum Gasteiger partial charge on any atom is 0.258 e. The lowest BCUT2D eigenvalue weighted by molar-refractivity contribution is 0.0950. The molecule has 1 aromatic carbocycles. The van der Waals surface area contributed by atoms with Crippen molar-refractivity contribution in [3.8, 4) is 11.5 Å². The first kappa shape index (κ1) is 15.7. The van der Waals surface area contributed by atoms with Gasteiger partial charge in [-0.15, -0.1) is 0 Å². The number of carbonyl (C=O) groups excluding carboxylic acids is 1. The maximum atomic E-state index is 12.5. The zero-order chi connectivity index (χ0) is 16.4. The second-order valence-corrected chi connectivity index (χ2v) is 6.37. The third-order valence-corrected chi connectivity index (χ3v) is 4.09. The van der Waals surface area contributed by atoms with Gasteiger partial charge in [-0.05, 0) is 30.9 Å². The molecule has 1 aliphatic rings. The van der Waals surface area contributed by atoms with E-state index in [9.17, 15) is 4.79 Å². The Labute approximate surface area is 135 Å². The molecule has 1 saturated carbocycles. The molecule has 2 aromatic rings. The summed E-state index contributed by atoms with van der Waals surface area (Å²) in [6.07, 6.45) is 2.32. The van der Waals surface area contributed by atoms with Crippen LogP contribution in [0.25, 0.3) is 11.5 Å². The summed E-state index contributed by atoms with van der Waals surface area (Å²) in [5, 5.41) is 6.87. The number of rotatable bonds is 6. The molecule has 0 bridgehead atoms. The van der Waals surface area contributed by atoms with Gasteiger partial charge in [0.2, 0.25) is 0 Å². The fraction of sp³-hybridized carbons (Fsp3) is 0.471. The van der Waals surface area contributed by atoms with E-state index < -0.39 is 0 Å². The zero-order valence-corrected chi connectivity index (χ0v) is 13.5. The Hall–Kier alpha value is -2.21. The highest BCUT2D eigenvalue weighted by molar-refractivity contribution is 5.99. The Morgan fingerprint density at radius 2 is 2.13 bits per heavy atom. The van der Waals surface area contributed by atoms with Gasteiger partial charge >= 0.3 is 0 Å². The van der Waals surface area contributed by atoms with Crippen LogP contribution in [0.15, 0.2) is 28.8 Å². The Kier molecular flexibility index (Phi) is 4.43. The van der Waals surface area contributed by atoms with Gasteiger partial charge < -0.3 is 15.6 Å². The van der Waals surface area contributed by atoms with E-state index in [1.165, 1.54) is 0 Å². The van der Waals surface area contributed by atoms with E-state index >= 15 is 0 Å². The molecule has 1 heterocycles. The van der Waals surface area contributed by atoms with Crippen molar-refractivity contribution >= 4 is 5.91 Å². The number of aromatic nitrogens is 2. The summed E-state index contributed by atoms with van der Waals surface area (Å²) in [4.78, 5) is 16.8. The second kappa shape index (κ2) is 6.50. The van der Waals surface area contributed by atoms with E-state index in [0.29, 0.717) is 35.3 Å². The molecular weight excluding hydrogens is 292 g/mol. The first-order valence-electron chi connectivity index (χ1n) is 8.03. The predicted octanol–water partition coefficient (Wildman–Crippen LogP) is 2.33. The van der Waals surface area contributed by atoms with E-state index in [0.717, 1.165) is 12.8 Å². The maximum absolute atomic E-state index is 12.5. The monoisotopic (exact) mass is 314 g/mol. The SMILES string of the molecule is CC(C)c1noc(-c2ccccc2C(=O)NCC(N)C2CC2)n1. The molecule has 122 valence electrons. The third-order valence-electron chi connectivity index (χ3n) is 4.09. The van der Waals surface area contributed by atoms with Gasteiger partial charge in [0.05, 0.1) is 11.1 Å². The van der Waals surface area contributed by atoms with Gasteiger partial charge in [0.25, 0.3) is 11.8 Å². The lowest BCUT2D eigenvalue weighted by atomic mass is 10.1. The molecule has 0 spiro atoms. The molecule has 0 saturated heterocycles. The highest BCUT2D eigenvalue weighted by Crippen LogP contribution is 2.31. The van der Waals surface area contributed by atoms with E-state index in [1.807, 2.05) is 32.0 Å². The van der Waals surface area contributed by atoms with Crippen LogP contribution in [0.4, 0.5) is 0 Å². The van der Waals surface area contributed by atoms with Crippen LogP contribution in [0.5, 0.6) is 0 Å². The summed E-state index contributed by atoms with van der Waals surface area (Å²) in [5.74, 6) is 1.55. The van der Waals surface area contributed by atoms with Crippen molar-refractivity contribution < 1.29 is 9.32 Å². The molecule has 0 aliphatic heterocycles. The average Bonchev–Trinajstić information content (AvgIpc) is 3.28. The van der Waals surface area contributed by atoms with Crippen LogP contribution in [0.3, 0.4) is 0 Å². The molecule has 1 atom stereocenters. The predicted molar refractivity (Wildman–Crippen MR) is 86.9 cm³/mol. The lowest BCUT2D eigenvalue weighted by Crippen LogP contribution is -2.38. The number of hydrogen-bond donors (Lipinski definition) is 2. The lowest BCUT2D eigenvalue weighted by Gasteiger charge is -2.12. The van der Waals surface area contributed by atoms with Gasteiger partial charge in [-0.3, -0.25) is 4.79 Å². The smallest absolute Gasteiger partial charge is 0.258 e. The van der Waals surface area contributed by atoms with Gasteiger partial charge in [-0.1, -0.05) is 31.1 Å². The summed E-state index contributed by atoms with van der Waals surface area (Å²) >= 11 is 0. The Balaban J connectivity index is 1.77. The quantitative estimate of drug-likeness (QED) is 0.853. The van der Waals surface area contributed by atoms with Crippen molar-refractivity contribution in [2.24, 2.45) is 11.7 Å².